The molecule has 0 saturated carbocycles. The zero-order valence-corrected chi connectivity index (χ0v) is 19.3. The zero-order valence-electron chi connectivity index (χ0n) is 19.3. The first-order valence-corrected chi connectivity index (χ1v) is 11.6. The van der Waals surface area contributed by atoms with E-state index in [4.69, 9.17) is 4.74 Å². The van der Waals surface area contributed by atoms with E-state index in [2.05, 4.69) is 9.97 Å². The fourth-order valence-corrected chi connectivity index (χ4v) is 5.65. The van der Waals surface area contributed by atoms with Gasteiger partial charge in [-0.2, -0.15) is 0 Å². The fraction of sp³-hybridized carbons (Fsp3) is 0.520. The number of aliphatic hydroxyl groups is 2. The Labute approximate surface area is 195 Å². The number of aryl methyl sites for hydroxylation is 1. The highest BCUT2D eigenvalue weighted by Crippen LogP contribution is 2.46. The van der Waals surface area contributed by atoms with Crippen LogP contribution in [0.3, 0.4) is 0 Å². The maximum absolute atomic E-state index is 14.9. The fourth-order valence-electron chi connectivity index (χ4n) is 5.65. The largest absolute Gasteiger partial charge is 0.385 e. The maximum atomic E-state index is 14.9. The Morgan fingerprint density at radius 1 is 1.18 bits per heavy atom. The van der Waals surface area contributed by atoms with Gasteiger partial charge in [-0.15, -0.1) is 0 Å². The monoisotopic (exact) mass is 475 g/mol. The normalized spacial score (nSPS) is 28.0. The van der Waals surface area contributed by atoms with Crippen molar-refractivity contribution < 1.29 is 28.1 Å². The molecule has 1 aliphatic carbocycles. The number of fused-ring (bicyclic) bond motifs is 2. The SMILES string of the molecule is Cc1ncnc2c1ccn2[C@@H]1O[C@H]([C@@H](C)c2cc(C(F)F)c(F)c3c2CCCC3)[C@@](C)(O)[C@H]1O. The summed E-state index contributed by atoms with van der Waals surface area (Å²) in [5.41, 5.74) is 0.604. The second-order valence-corrected chi connectivity index (χ2v) is 9.66. The Morgan fingerprint density at radius 3 is 2.59 bits per heavy atom. The van der Waals surface area contributed by atoms with Gasteiger partial charge in [0, 0.05) is 17.5 Å². The summed E-state index contributed by atoms with van der Waals surface area (Å²) in [7, 11) is 0. The number of ether oxygens (including phenoxy) is 1. The Bertz CT molecular complexity index is 1240. The number of aliphatic hydroxyl groups excluding tert-OH is 1. The topological polar surface area (TPSA) is 80.4 Å². The van der Waals surface area contributed by atoms with E-state index in [0.717, 1.165) is 23.9 Å². The molecule has 34 heavy (non-hydrogen) atoms. The molecule has 0 amide bonds. The van der Waals surface area contributed by atoms with Crippen molar-refractivity contribution >= 4 is 11.0 Å². The molecule has 6 nitrogen and oxygen atoms in total. The third-order valence-electron chi connectivity index (χ3n) is 7.54. The molecule has 1 aromatic carbocycles. The van der Waals surface area contributed by atoms with Gasteiger partial charge >= 0.3 is 0 Å². The molecule has 182 valence electrons. The van der Waals surface area contributed by atoms with Gasteiger partial charge in [0.2, 0.25) is 0 Å². The standard InChI is InChI=1S/C25H28F3N3O3/c1-12(17-10-18(22(27)28)19(26)16-7-5-4-6-15(16)17)21-25(3,33)20(32)24(34-21)31-9-8-14-13(2)29-11-30-23(14)31/h8-12,20-22,24,32-33H,4-7H2,1-3H3/t12-,20-,21+,24+,25-/m0/s1. The second-order valence-electron chi connectivity index (χ2n) is 9.66. The van der Waals surface area contributed by atoms with Gasteiger partial charge in [-0.25, -0.2) is 23.1 Å². The number of alkyl halides is 2. The van der Waals surface area contributed by atoms with Crippen LogP contribution in [0.4, 0.5) is 13.2 Å². The van der Waals surface area contributed by atoms with Crippen LogP contribution in [0, 0.1) is 12.7 Å². The van der Waals surface area contributed by atoms with E-state index < -0.39 is 47.8 Å². The van der Waals surface area contributed by atoms with E-state index in [1.807, 2.05) is 13.0 Å². The average Bonchev–Trinajstić information content (AvgIpc) is 3.33. The molecule has 1 aliphatic heterocycles. The van der Waals surface area contributed by atoms with Crippen LogP contribution in [0.2, 0.25) is 0 Å². The smallest absolute Gasteiger partial charge is 0.266 e. The lowest BCUT2D eigenvalue weighted by Gasteiger charge is -2.33. The minimum atomic E-state index is -2.95. The van der Waals surface area contributed by atoms with E-state index in [9.17, 15) is 23.4 Å². The summed E-state index contributed by atoms with van der Waals surface area (Å²) in [6.45, 7) is 5.10. The molecule has 0 radical (unpaired) electrons. The molecule has 3 aromatic rings. The highest BCUT2D eigenvalue weighted by Gasteiger charge is 2.55. The Balaban J connectivity index is 1.56. The van der Waals surface area contributed by atoms with Gasteiger partial charge in [0.25, 0.3) is 6.43 Å². The van der Waals surface area contributed by atoms with Crippen molar-refractivity contribution in [1.29, 1.82) is 0 Å². The van der Waals surface area contributed by atoms with E-state index in [0.29, 0.717) is 35.2 Å². The first-order chi connectivity index (χ1) is 16.1. The highest BCUT2D eigenvalue weighted by molar-refractivity contribution is 5.78. The predicted octanol–water partition coefficient (Wildman–Crippen LogP) is 4.51. The third-order valence-corrected chi connectivity index (χ3v) is 7.54. The molecule has 1 saturated heterocycles. The first kappa shape index (κ1) is 23.3. The summed E-state index contributed by atoms with van der Waals surface area (Å²) in [4.78, 5) is 8.49. The van der Waals surface area contributed by atoms with Gasteiger partial charge in [0.15, 0.2) is 6.23 Å². The van der Waals surface area contributed by atoms with Crippen LogP contribution in [0.25, 0.3) is 11.0 Å². The Morgan fingerprint density at radius 2 is 1.88 bits per heavy atom. The lowest BCUT2D eigenvalue weighted by molar-refractivity contribution is -0.0706. The molecule has 2 aliphatic rings. The number of nitrogens with zero attached hydrogens (tertiary/aromatic N) is 3. The van der Waals surface area contributed by atoms with Crippen LogP contribution in [0.5, 0.6) is 0 Å². The van der Waals surface area contributed by atoms with Gasteiger partial charge in [-0.1, -0.05) is 6.92 Å². The van der Waals surface area contributed by atoms with Crippen LogP contribution in [-0.2, 0) is 17.6 Å². The molecule has 0 spiro atoms. The van der Waals surface area contributed by atoms with E-state index in [-0.39, 0.29) is 0 Å². The van der Waals surface area contributed by atoms with Gasteiger partial charge in [0.05, 0.1) is 17.4 Å². The third kappa shape index (κ3) is 3.44. The first-order valence-electron chi connectivity index (χ1n) is 11.6. The number of aromatic nitrogens is 3. The van der Waals surface area contributed by atoms with Crippen molar-refractivity contribution in [2.75, 3.05) is 0 Å². The minimum Gasteiger partial charge on any atom is -0.385 e. The van der Waals surface area contributed by atoms with Crippen LogP contribution in [-0.4, -0.2) is 42.6 Å². The van der Waals surface area contributed by atoms with Crippen LogP contribution < -0.4 is 0 Å². The molecule has 2 aromatic heterocycles. The van der Waals surface area contributed by atoms with Crippen LogP contribution in [0.1, 0.15) is 73.2 Å². The molecule has 0 bridgehead atoms. The zero-order chi connectivity index (χ0) is 24.4. The number of hydrogen-bond acceptors (Lipinski definition) is 5. The van der Waals surface area contributed by atoms with Gasteiger partial charge < -0.3 is 19.5 Å². The maximum Gasteiger partial charge on any atom is 0.266 e. The number of halogens is 3. The number of benzene rings is 1. The molecular weight excluding hydrogens is 447 g/mol. The molecule has 5 rings (SSSR count). The summed E-state index contributed by atoms with van der Waals surface area (Å²) >= 11 is 0. The van der Waals surface area contributed by atoms with E-state index in [1.165, 1.54) is 19.3 Å². The van der Waals surface area contributed by atoms with E-state index in [1.54, 1.807) is 17.7 Å². The van der Waals surface area contributed by atoms with Crippen molar-refractivity contribution in [2.45, 2.75) is 82.8 Å². The van der Waals surface area contributed by atoms with Crippen molar-refractivity contribution in [3.63, 3.8) is 0 Å². The van der Waals surface area contributed by atoms with Crippen molar-refractivity contribution in [3.05, 3.63) is 58.4 Å². The molecule has 0 unspecified atom stereocenters. The lowest BCUT2D eigenvalue weighted by atomic mass is 9.77. The molecule has 5 atom stereocenters. The Hall–Kier alpha value is -2.49. The van der Waals surface area contributed by atoms with Crippen LogP contribution in [0.15, 0.2) is 24.7 Å². The summed E-state index contributed by atoms with van der Waals surface area (Å²) in [5, 5.41) is 23.2. The summed E-state index contributed by atoms with van der Waals surface area (Å²) < 4.78 is 50.1. The van der Waals surface area contributed by atoms with Crippen molar-refractivity contribution in [2.24, 2.45) is 0 Å². The molecule has 1 fully saturated rings. The van der Waals surface area contributed by atoms with E-state index >= 15 is 0 Å². The Kier molecular flexibility index (Phi) is 5.69. The van der Waals surface area contributed by atoms with Crippen molar-refractivity contribution in [3.8, 4) is 0 Å². The highest BCUT2D eigenvalue weighted by atomic mass is 19.3. The van der Waals surface area contributed by atoms with Crippen molar-refractivity contribution in [1.82, 2.24) is 14.5 Å². The number of hydrogen-bond donors (Lipinski definition) is 2. The quantitative estimate of drug-likeness (QED) is 0.581. The lowest BCUT2D eigenvalue weighted by Crippen LogP contribution is -2.46. The number of rotatable bonds is 4. The molecule has 2 N–H and O–H groups in total. The molecule has 9 heteroatoms. The summed E-state index contributed by atoms with van der Waals surface area (Å²) in [5.74, 6) is -1.40. The molecular formula is C25H28F3N3O3. The van der Waals surface area contributed by atoms with Gasteiger partial charge in [-0.3, -0.25) is 0 Å². The average molecular weight is 476 g/mol. The van der Waals surface area contributed by atoms with Gasteiger partial charge in [-0.05, 0) is 68.4 Å². The second kappa shape index (κ2) is 8.32. The van der Waals surface area contributed by atoms with Gasteiger partial charge in [0.1, 0.15) is 29.5 Å². The summed E-state index contributed by atoms with van der Waals surface area (Å²) in [6, 6.07) is 3.03. The van der Waals surface area contributed by atoms with Crippen LogP contribution >= 0.6 is 0 Å². The molecule has 3 heterocycles. The minimum absolute atomic E-state index is 0.337. The summed E-state index contributed by atoms with van der Waals surface area (Å²) in [6.07, 6.45) is -0.422. The predicted molar refractivity (Wildman–Crippen MR) is 119 cm³/mol.